The lowest BCUT2D eigenvalue weighted by Gasteiger charge is -2.14. The number of hydrogen-bond acceptors (Lipinski definition) is 3. The second-order valence-corrected chi connectivity index (χ2v) is 6.58. The first kappa shape index (κ1) is 18.5. The molecule has 8 heteroatoms. The van der Waals surface area contributed by atoms with Gasteiger partial charge in [0.25, 0.3) is 0 Å². The Kier molecular flexibility index (Phi) is 4.84. The molecule has 0 aliphatic rings. The van der Waals surface area contributed by atoms with Crippen LogP contribution in [0.5, 0.6) is 0 Å². The van der Waals surface area contributed by atoms with Gasteiger partial charge in [0.15, 0.2) is 11.3 Å². The molecule has 0 spiro atoms. The number of aromatic nitrogens is 3. The van der Waals surface area contributed by atoms with Gasteiger partial charge in [0.05, 0.1) is 5.56 Å². The summed E-state index contributed by atoms with van der Waals surface area (Å²) in [6.07, 6.45) is -3.82. The van der Waals surface area contributed by atoms with Crippen molar-refractivity contribution in [2.45, 2.75) is 39.4 Å². The fourth-order valence-corrected chi connectivity index (χ4v) is 2.94. The monoisotopic (exact) mass is 382 g/mol. The van der Waals surface area contributed by atoms with Crippen LogP contribution in [0, 0.1) is 6.92 Å². The van der Waals surface area contributed by atoms with Gasteiger partial charge in [0.2, 0.25) is 0 Å². The summed E-state index contributed by atoms with van der Waals surface area (Å²) in [4.78, 5) is 4.32. The molecule has 1 N–H and O–H groups in total. The molecule has 3 rings (SSSR count). The number of rotatable bonds is 4. The van der Waals surface area contributed by atoms with Gasteiger partial charge in [-0.1, -0.05) is 36.7 Å². The molecule has 0 aliphatic carbocycles. The maximum Gasteiger partial charge on any atom is 0.435 e. The standard InChI is InChI=1S/C18H18ClF3N4/c1-4-10(2)23-14-9-11(3)24-17-15(12-7-5-6-8-13(12)19)16(18(20,21)22)25-26(14)17/h5-10,23H,4H2,1-3H3/t10-/m1/s1. The third-order valence-electron chi connectivity index (χ3n) is 4.14. The Labute approximate surface area is 154 Å². The van der Waals surface area contributed by atoms with E-state index in [2.05, 4.69) is 15.4 Å². The smallest absolute Gasteiger partial charge is 0.367 e. The van der Waals surface area contributed by atoms with Crippen molar-refractivity contribution in [2.24, 2.45) is 0 Å². The Morgan fingerprint density at radius 3 is 2.58 bits per heavy atom. The van der Waals surface area contributed by atoms with E-state index in [-0.39, 0.29) is 27.8 Å². The first-order chi connectivity index (χ1) is 12.2. The van der Waals surface area contributed by atoms with E-state index in [1.54, 1.807) is 37.3 Å². The summed E-state index contributed by atoms with van der Waals surface area (Å²) in [6, 6.07) is 8.15. The maximum atomic E-state index is 13.7. The van der Waals surface area contributed by atoms with Crippen LogP contribution in [0.15, 0.2) is 30.3 Å². The van der Waals surface area contributed by atoms with Crippen LogP contribution in [0.1, 0.15) is 31.7 Å². The molecule has 3 aromatic rings. The van der Waals surface area contributed by atoms with Gasteiger partial charge in [-0.2, -0.15) is 22.8 Å². The van der Waals surface area contributed by atoms with Crippen molar-refractivity contribution >= 4 is 23.1 Å². The van der Waals surface area contributed by atoms with E-state index in [1.807, 2.05) is 13.8 Å². The highest BCUT2D eigenvalue weighted by atomic mass is 35.5. The SMILES string of the molecule is CC[C@@H](C)Nc1cc(C)nc2c(-c3ccccc3Cl)c(C(F)(F)F)nn12. The molecule has 0 saturated carbocycles. The average Bonchev–Trinajstić information content (AvgIpc) is 2.94. The molecule has 0 radical (unpaired) electrons. The van der Waals surface area contributed by atoms with Gasteiger partial charge in [-0.25, -0.2) is 4.98 Å². The normalized spacial score (nSPS) is 13.2. The van der Waals surface area contributed by atoms with Crippen molar-refractivity contribution in [2.75, 3.05) is 5.32 Å². The zero-order chi connectivity index (χ0) is 19.1. The predicted molar refractivity (Wildman–Crippen MR) is 96.5 cm³/mol. The Bertz CT molecular complexity index is 949. The van der Waals surface area contributed by atoms with Gasteiger partial charge in [-0.15, -0.1) is 0 Å². The zero-order valence-corrected chi connectivity index (χ0v) is 15.3. The molecule has 4 nitrogen and oxygen atoms in total. The molecule has 2 heterocycles. The summed E-state index contributed by atoms with van der Waals surface area (Å²) in [5, 5.41) is 7.25. The molecule has 1 atom stereocenters. The summed E-state index contributed by atoms with van der Waals surface area (Å²) in [5.41, 5.74) is -0.152. The fourth-order valence-electron chi connectivity index (χ4n) is 2.71. The van der Waals surface area contributed by atoms with Crippen LogP contribution >= 0.6 is 11.6 Å². The van der Waals surface area contributed by atoms with Crippen molar-refractivity contribution in [3.8, 4) is 11.1 Å². The minimum absolute atomic E-state index is 0.0716. The molecule has 138 valence electrons. The van der Waals surface area contributed by atoms with Crippen LogP contribution in [0.3, 0.4) is 0 Å². The van der Waals surface area contributed by atoms with Gasteiger partial charge in [-0.05, 0) is 26.3 Å². The van der Waals surface area contributed by atoms with Crippen LogP contribution in [0.2, 0.25) is 5.02 Å². The predicted octanol–water partition coefficient (Wildman–Crippen LogP) is 5.59. The zero-order valence-electron chi connectivity index (χ0n) is 14.5. The number of benzene rings is 1. The van der Waals surface area contributed by atoms with E-state index in [0.29, 0.717) is 11.5 Å². The Balaban J connectivity index is 2.37. The number of nitrogens with one attached hydrogen (secondary N) is 1. The lowest BCUT2D eigenvalue weighted by Crippen LogP contribution is -2.17. The Morgan fingerprint density at radius 1 is 1.27 bits per heavy atom. The molecule has 0 fully saturated rings. The topological polar surface area (TPSA) is 42.2 Å². The number of anilines is 1. The molecule has 0 amide bonds. The fraction of sp³-hybridized carbons (Fsp3) is 0.333. The molecule has 0 bridgehead atoms. The van der Waals surface area contributed by atoms with Crippen molar-refractivity contribution in [3.05, 3.63) is 46.7 Å². The second kappa shape index (κ2) is 6.79. The number of alkyl halides is 3. The quantitative estimate of drug-likeness (QED) is 0.639. The number of aryl methyl sites for hydroxylation is 1. The van der Waals surface area contributed by atoms with E-state index >= 15 is 0 Å². The summed E-state index contributed by atoms with van der Waals surface area (Å²) in [6.45, 7) is 5.67. The molecule has 0 saturated heterocycles. The number of fused-ring (bicyclic) bond motifs is 1. The number of nitrogens with zero attached hydrogens (tertiary/aromatic N) is 3. The summed E-state index contributed by atoms with van der Waals surface area (Å²) < 4.78 is 42.3. The third-order valence-corrected chi connectivity index (χ3v) is 4.47. The number of halogens is 4. The average molecular weight is 383 g/mol. The molecule has 1 aromatic carbocycles. The van der Waals surface area contributed by atoms with E-state index in [0.717, 1.165) is 6.42 Å². The van der Waals surface area contributed by atoms with Crippen molar-refractivity contribution in [1.82, 2.24) is 14.6 Å². The van der Waals surface area contributed by atoms with Crippen LogP contribution in [-0.4, -0.2) is 20.6 Å². The lowest BCUT2D eigenvalue weighted by molar-refractivity contribution is -0.140. The Morgan fingerprint density at radius 2 is 1.96 bits per heavy atom. The second-order valence-electron chi connectivity index (χ2n) is 6.17. The summed E-state index contributed by atoms with van der Waals surface area (Å²) >= 11 is 6.18. The molecule has 2 aromatic heterocycles. The van der Waals surface area contributed by atoms with Crippen LogP contribution < -0.4 is 5.32 Å². The number of hydrogen-bond donors (Lipinski definition) is 1. The van der Waals surface area contributed by atoms with Crippen LogP contribution in [0.25, 0.3) is 16.8 Å². The highest BCUT2D eigenvalue weighted by molar-refractivity contribution is 6.33. The first-order valence-electron chi connectivity index (χ1n) is 8.21. The van der Waals surface area contributed by atoms with Crippen molar-refractivity contribution in [1.29, 1.82) is 0 Å². The molecule has 26 heavy (non-hydrogen) atoms. The van der Waals surface area contributed by atoms with E-state index < -0.39 is 11.9 Å². The minimum atomic E-state index is -4.64. The largest absolute Gasteiger partial charge is 0.435 e. The van der Waals surface area contributed by atoms with E-state index in [1.165, 1.54) is 4.52 Å². The van der Waals surface area contributed by atoms with Crippen LogP contribution in [0.4, 0.5) is 19.0 Å². The third kappa shape index (κ3) is 3.35. The van der Waals surface area contributed by atoms with Gasteiger partial charge in [0, 0.05) is 28.4 Å². The molecular formula is C18H18ClF3N4. The van der Waals surface area contributed by atoms with E-state index in [4.69, 9.17) is 11.6 Å². The molecule has 0 unspecified atom stereocenters. The maximum absolute atomic E-state index is 13.7. The highest BCUT2D eigenvalue weighted by Gasteiger charge is 2.39. The Hall–Kier alpha value is -2.28. The van der Waals surface area contributed by atoms with Gasteiger partial charge < -0.3 is 5.32 Å². The first-order valence-corrected chi connectivity index (χ1v) is 8.59. The van der Waals surface area contributed by atoms with Crippen molar-refractivity contribution in [3.63, 3.8) is 0 Å². The highest BCUT2D eigenvalue weighted by Crippen LogP contribution is 2.41. The van der Waals surface area contributed by atoms with Gasteiger partial charge in [0.1, 0.15) is 5.82 Å². The lowest BCUT2D eigenvalue weighted by atomic mass is 10.1. The van der Waals surface area contributed by atoms with Crippen molar-refractivity contribution < 1.29 is 13.2 Å². The van der Waals surface area contributed by atoms with E-state index in [9.17, 15) is 13.2 Å². The summed E-state index contributed by atoms with van der Waals surface area (Å²) in [5.74, 6) is 0.464. The minimum Gasteiger partial charge on any atom is -0.367 e. The summed E-state index contributed by atoms with van der Waals surface area (Å²) in [7, 11) is 0. The van der Waals surface area contributed by atoms with Crippen LogP contribution in [-0.2, 0) is 6.18 Å². The molecular weight excluding hydrogens is 365 g/mol. The van der Waals surface area contributed by atoms with Gasteiger partial charge in [-0.3, -0.25) is 0 Å². The van der Waals surface area contributed by atoms with Gasteiger partial charge >= 0.3 is 6.18 Å². The molecule has 0 aliphatic heterocycles.